The Morgan fingerprint density at radius 3 is 1.80 bits per heavy atom. The van der Waals surface area contributed by atoms with E-state index in [1.807, 2.05) is 6.07 Å². The molecule has 0 fully saturated rings. The number of nitrogens with zero attached hydrogens (tertiary/aromatic N) is 1. The maximum atomic E-state index is 12.6. The average Bonchev–Trinajstić information content (AvgIpc) is 2.74. The highest BCUT2D eigenvalue weighted by Crippen LogP contribution is 2.17. The van der Waals surface area contributed by atoms with Gasteiger partial charge in [-0.15, -0.1) is 0 Å². The van der Waals surface area contributed by atoms with Crippen LogP contribution in [0.15, 0.2) is 72.8 Å². The van der Waals surface area contributed by atoms with E-state index in [-0.39, 0.29) is 17.7 Å². The summed E-state index contributed by atoms with van der Waals surface area (Å²) in [6, 6.07) is 21.6. The molecule has 0 atom stereocenters. The molecule has 148 valence electrons. The van der Waals surface area contributed by atoms with Gasteiger partial charge in [0.05, 0.1) is 11.6 Å². The van der Waals surface area contributed by atoms with E-state index in [1.165, 1.54) is 13.0 Å². The number of anilines is 3. The molecule has 0 unspecified atom stereocenters. The van der Waals surface area contributed by atoms with Gasteiger partial charge < -0.3 is 16.0 Å². The molecule has 7 heteroatoms. The van der Waals surface area contributed by atoms with Crippen molar-refractivity contribution in [2.45, 2.75) is 6.92 Å². The second-order valence-electron chi connectivity index (χ2n) is 6.44. The summed E-state index contributed by atoms with van der Waals surface area (Å²) in [6.45, 7) is 1.40. The molecule has 7 nitrogen and oxygen atoms in total. The molecular weight excluding hydrogens is 380 g/mol. The molecule has 0 aromatic heterocycles. The van der Waals surface area contributed by atoms with E-state index in [0.29, 0.717) is 33.8 Å². The quantitative estimate of drug-likeness (QED) is 0.603. The third-order valence-corrected chi connectivity index (χ3v) is 4.10. The summed E-state index contributed by atoms with van der Waals surface area (Å²) in [4.78, 5) is 36.3. The summed E-state index contributed by atoms with van der Waals surface area (Å²) < 4.78 is 0. The Hall–Kier alpha value is -4.44. The Bertz CT molecular complexity index is 1150. The van der Waals surface area contributed by atoms with E-state index in [2.05, 4.69) is 16.0 Å². The smallest absolute Gasteiger partial charge is 0.255 e. The molecule has 0 saturated carbocycles. The third kappa shape index (κ3) is 5.30. The van der Waals surface area contributed by atoms with Gasteiger partial charge in [0.1, 0.15) is 0 Å². The summed E-state index contributed by atoms with van der Waals surface area (Å²) in [5.74, 6) is -0.968. The first-order valence-corrected chi connectivity index (χ1v) is 9.05. The van der Waals surface area contributed by atoms with E-state index in [4.69, 9.17) is 5.26 Å². The van der Waals surface area contributed by atoms with Gasteiger partial charge in [0.25, 0.3) is 11.8 Å². The van der Waals surface area contributed by atoms with E-state index in [0.717, 1.165) is 0 Å². The molecule has 0 radical (unpaired) electrons. The zero-order valence-corrected chi connectivity index (χ0v) is 16.1. The van der Waals surface area contributed by atoms with Crippen molar-refractivity contribution < 1.29 is 14.4 Å². The number of amides is 3. The molecule has 3 aromatic carbocycles. The van der Waals surface area contributed by atoms with E-state index in [1.54, 1.807) is 66.7 Å². The first-order chi connectivity index (χ1) is 14.4. The van der Waals surface area contributed by atoms with Gasteiger partial charge in [-0.1, -0.05) is 12.1 Å². The second-order valence-corrected chi connectivity index (χ2v) is 6.44. The fourth-order valence-corrected chi connectivity index (χ4v) is 2.71. The van der Waals surface area contributed by atoms with Gasteiger partial charge in [0.15, 0.2) is 0 Å². The van der Waals surface area contributed by atoms with Crippen LogP contribution in [0.2, 0.25) is 0 Å². The molecule has 0 aliphatic rings. The van der Waals surface area contributed by atoms with Gasteiger partial charge in [-0.2, -0.15) is 5.26 Å². The van der Waals surface area contributed by atoms with Crippen molar-refractivity contribution >= 4 is 34.8 Å². The van der Waals surface area contributed by atoms with Crippen LogP contribution in [0.25, 0.3) is 0 Å². The molecule has 0 bridgehead atoms. The first kappa shape index (κ1) is 20.3. The Kier molecular flexibility index (Phi) is 6.20. The highest BCUT2D eigenvalue weighted by Gasteiger charge is 2.12. The number of rotatable bonds is 5. The molecule has 3 N–H and O–H groups in total. The predicted octanol–water partition coefficient (Wildman–Crippen LogP) is 4.02. The van der Waals surface area contributed by atoms with Crippen LogP contribution in [0.1, 0.15) is 33.2 Å². The summed E-state index contributed by atoms with van der Waals surface area (Å²) >= 11 is 0. The van der Waals surface area contributed by atoms with Crippen molar-refractivity contribution in [2.75, 3.05) is 16.0 Å². The van der Waals surface area contributed by atoms with Crippen LogP contribution < -0.4 is 16.0 Å². The highest BCUT2D eigenvalue weighted by molar-refractivity contribution is 6.09. The lowest BCUT2D eigenvalue weighted by Gasteiger charge is -2.09. The molecule has 0 heterocycles. The van der Waals surface area contributed by atoms with E-state index in [9.17, 15) is 14.4 Å². The van der Waals surface area contributed by atoms with Crippen LogP contribution in [-0.4, -0.2) is 17.7 Å². The van der Waals surface area contributed by atoms with Gasteiger partial charge in [0, 0.05) is 35.1 Å². The zero-order chi connectivity index (χ0) is 21.5. The zero-order valence-electron chi connectivity index (χ0n) is 16.1. The van der Waals surface area contributed by atoms with Crippen molar-refractivity contribution in [3.63, 3.8) is 0 Å². The number of hydrogen-bond donors (Lipinski definition) is 3. The molecule has 3 rings (SSSR count). The number of benzene rings is 3. The molecule has 0 aliphatic carbocycles. The maximum absolute atomic E-state index is 12.6. The Morgan fingerprint density at radius 1 is 0.700 bits per heavy atom. The third-order valence-electron chi connectivity index (χ3n) is 4.10. The van der Waals surface area contributed by atoms with Crippen LogP contribution in [0.3, 0.4) is 0 Å². The van der Waals surface area contributed by atoms with Crippen LogP contribution in [0.4, 0.5) is 17.1 Å². The fraction of sp³-hybridized carbons (Fsp3) is 0.0435. The largest absolute Gasteiger partial charge is 0.326 e. The standard InChI is InChI=1S/C23H18N4O3/c1-15(28)25-20-6-3-7-21(13-20)27-23(30)18-5-2-4-17(12-18)22(29)26-19-10-8-16(14-24)9-11-19/h2-13H,1H3,(H,25,28)(H,26,29)(H,27,30). The normalized spacial score (nSPS) is 9.87. The predicted molar refractivity (Wildman–Crippen MR) is 114 cm³/mol. The van der Waals surface area contributed by atoms with Crippen LogP contribution in [-0.2, 0) is 4.79 Å². The summed E-state index contributed by atoms with van der Waals surface area (Å²) in [7, 11) is 0. The van der Waals surface area contributed by atoms with Crippen molar-refractivity contribution in [3.05, 3.63) is 89.5 Å². The fourth-order valence-electron chi connectivity index (χ4n) is 2.71. The minimum atomic E-state index is -0.386. The number of nitrogens with one attached hydrogen (secondary N) is 3. The molecular formula is C23H18N4O3. The number of carbonyl (C=O) groups excluding carboxylic acids is 3. The maximum Gasteiger partial charge on any atom is 0.255 e. The SMILES string of the molecule is CC(=O)Nc1cccc(NC(=O)c2cccc(C(=O)Nc3ccc(C#N)cc3)c2)c1. The van der Waals surface area contributed by atoms with Gasteiger partial charge in [-0.3, -0.25) is 14.4 Å². The molecule has 0 aliphatic heterocycles. The van der Waals surface area contributed by atoms with Gasteiger partial charge >= 0.3 is 0 Å². The van der Waals surface area contributed by atoms with Crippen molar-refractivity contribution in [2.24, 2.45) is 0 Å². The highest BCUT2D eigenvalue weighted by atomic mass is 16.2. The first-order valence-electron chi connectivity index (χ1n) is 9.05. The van der Waals surface area contributed by atoms with E-state index >= 15 is 0 Å². The van der Waals surface area contributed by atoms with Crippen molar-refractivity contribution in [3.8, 4) is 6.07 Å². The Balaban J connectivity index is 1.71. The van der Waals surface area contributed by atoms with Crippen molar-refractivity contribution in [1.29, 1.82) is 5.26 Å². The topological polar surface area (TPSA) is 111 Å². The van der Waals surface area contributed by atoms with Gasteiger partial charge in [-0.05, 0) is 60.7 Å². The summed E-state index contributed by atoms with van der Waals surface area (Å²) in [5.41, 5.74) is 2.75. The average molecular weight is 398 g/mol. The van der Waals surface area contributed by atoms with Crippen LogP contribution in [0, 0.1) is 11.3 Å². The molecule has 3 aromatic rings. The summed E-state index contributed by atoms with van der Waals surface area (Å²) in [6.07, 6.45) is 0. The molecule has 0 spiro atoms. The van der Waals surface area contributed by atoms with Crippen LogP contribution in [0.5, 0.6) is 0 Å². The molecule has 3 amide bonds. The summed E-state index contributed by atoms with van der Waals surface area (Å²) in [5, 5.41) is 17.0. The number of nitriles is 1. The molecule has 0 saturated heterocycles. The van der Waals surface area contributed by atoms with E-state index < -0.39 is 0 Å². The monoisotopic (exact) mass is 398 g/mol. The lowest BCUT2D eigenvalue weighted by Crippen LogP contribution is -2.15. The lowest BCUT2D eigenvalue weighted by molar-refractivity contribution is -0.114. The Labute approximate surface area is 173 Å². The van der Waals surface area contributed by atoms with Crippen LogP contribution >= 0.6 is 0 Å². The molecule has 30 heavy (non-hydrogen) atoms. The lowest BCUT2D eigenvalue weighted by atomic mass is 10.1. The minimum Gasteiger partial charge on any atom is -0.326 e. The number of carbonyl (C=O) groups is 3. The minimum absolute atomic E-state index is 0.209. The number of hydrogen-bond acceptors (Lipinski definition) is 4. The second kappa shape index (κ2) is 9.17. The Morgan fingerprint density at radius 2 is 1.23 bits per heavy atom. The van der Waals surface area contributed by atoms with Gasteiger partial charge in [0.2, 0.25) is 5.91 Å². The van der Waals surface area contributed by atoms with Gasteiger partial charge in [-0.25, -0.2) is 0 Å². The van der Waals surface area contributed by atoms with Crippen molar-refractivity contribution in [1.82, 2.24) is 0 Å².